The SMILES string of the molecule is COc1ccc(C(=O)Nc2nc(Sc3ccc(C)cc3)ns2)cc1. The zero-order valence-corrected chi connectivity index (χ0v) is 14.8. The van der Waals surface area contributed by atoms with Crippen LogP contribution in [0, 0.1) is 6.92 Å². The molecule has 0 aliphatic rings. The molecule has 0 saturated heterocycles. The van der Waals surface area contributed by atoms with Crippen LogP contribution in [0.2, 0.25) is 0 Å². The minimum absolute atomic E-state index is 0.222. The first-order valence-electron chi connectivity index (χ1n) is 7.17. The number of hydrogen-bond acceptors (Lipinski definition) is 6. The molecule has 0 aliphatic carbocycles. The van der Waals surface area contributed by atoms with Crippen LogP contribution in [-0.2, 0) is 0 Å². The molecule has 24 heavy (non-hydrogen) atoms. The number of benzene rings is 2. The van der Waals surface area contributed by atoms with Gasteiger partial charge in [-0.3, -0.25) is 10.1 Å². The average molecular weight is 357 g/mol. The van der Waals surface area contributed by atoms with Gasteiger partial charge in [0.2, 0.25) is 10.3 Å². The fourth-order valence-electron chi connectivity index (χ4n) is 1.93. The van der Waals surface area contributed by atoms with Crippen LogP contribution >= 0.6 is 23.3 Å². The van der Waals surface area contributed by atoms with Crippen molar-refractivity contribution in [2.24, 2.45) is 0 Å². The molecule has 0 spiro atoms. The van der Waals surface area contributed by atoms with Crippen molar-refractivity contribution in [2.75, 3.05) is 12.4 Å². The van der Waals surface area contributed by atoms with Crippen molar-refractivity contribution in [3.8, 4) is 5.75 Å². The van der Waals surface area contributed by atoms with Crippen LogP contribution in [0.5, 0.6) is 5.75 Å². The Labute approximate surface area is 148 Å². The predicted molar refractivity (Wildman–Crippen MR) is 96.2 cm³/mol. The number of aryl methyl sites for hydroxylation is 1. The van der Waals surface area contributed by atoms with Crippen LogP contribution in [0.3, 0.4) is 0 Å². The summed E-state index contributed by atoms with van der Waals surface area (Å²) in [6.45, 7) is 2.04. The van der Waals surface area contributed by atoms with E-state index in [2.05, 4.69) is 14.7 Å². The Kier molecular flexibility index (Phi) is 5.12. The second-order valence-electron chi connectivity index (χ2n) is 4.98. The summed E-state index contributed by atoms with van der Waals surface area (Å²) in [6.07, 6.45) is 0. The van der Waals surface area contributed by atoms with Crippen molar-refractivity contribution in [1.82, 2.24) is 9.36 Å². The number of anilines is 1. The number of nitrogens with one attached hydrogen (secondary N) is 1. The summed E-state index contributed by atoms with van der Waals surface area (Å²) in [4.78, 5) is 17.6. The van der Waals surface area contributed by atoms with Gasteiger partial charge < -0.3 is 4.74 Å². The molecule has 0 fully saturated rings. The first kappa shape index (κ1) is 16.5. The van der Waals surface area contributed by atoms with E-state index in [1.807, 2.05) is 31.2 Å². The number of amides is 1. The summed E-state index contributed by atoms with van der Waals surface area (Å²) in [5, 5.41) is 3.86. The van der Waals surface area contributed by atoms with Crippen LogP contribution in [0.1, 0.15) is 15.9 Å². The third-order valence-electron chi connectivity index (χ3n) is 3.21. The Morgan fingerprint density at radius 2 is 1.83 bits per heavy atom. The highest BCUT2D eigenvalue weighted by Gasteiger charge is 2.11. The summed E-state index contributed by atoms with van der Waals surface area (Å²) in [7, 11) is 1.59. The van der Waals surface area contributed by atoms with E-state index in [1.54, 1.807) is 31.4 Å². The molecular weight excluding hydrogens is 342 g/mol. The van der Waals surface area contributed by atoms with Crippen molar-refractivity contribution in [1.29, 1.82) is 0 Å². The maximum Gasteiger partial charge on any atom is 0.257 e. The van der Waals surface area contributed by atoms with Gasteiger partial charge in [-0.05, 0) is 55.1 Å². The predicted octanol–water partition coefficient (Wildman–Crippen LogP) is 4.26. The number of aromatic nitrogens is 2. The van der Waals surface area contributed by atoms with E-state index >= 15 is 0 Å². The Balaban J connectivity index is 1.64. The third-order valence-corrected chi connectivity index (χ3v) is 4.83. The van der Waals surface area contributed by atoms with E-state index in [1.165, 1.54) is 17.3 Å². The van der Waals surface area contributed by atoms with Gasteiger partial charge in [-0.25, -0.2) is 0 Å². The van der Waals surface area contributed by atoms with Gasteiger partial charge in [-0.1, -0.05) is 17.7 Å². The minimum atomic E-state index is -0.222. The van der Waals surface area contributed by atoms with Crippen molar-refractivity contribution < 1.29 is 9.53 Å². The quantitative estimate of drug-likeness (QED) is 0.739. The Bertz CT molecular complexity index is 830. The van der Waals surface area contributed by atoms with Gasteiger partial charge in [0.25, 0.3) is 5.91 Å². The summed E-state index contributed by atoms with van der Waals surface area (Å²) in [6, 6.07) is 15.0. The van der Waals surface area contributed by atoms with E-state index in [-0.39, 0.29) is 5.91 Å². The van der Waals surface area contributed by atoms with E-state index in [0.717, 1.165) is 16.4 Å². The third kappa shape index (κ3) is 4.12. The molecule has 0 aliphatic heterocycles. The zero-order chi connectivity index (χ0) is 16.9. The highest BCUT2D eigenvalue weighted by Crippen LogP contribution is 2.28. The minimum Gasteiger partial charge on any atom is -0.497 e. The number of methoxy groups -OCH3 is 1. The molecule has 1 aromatic heterocycles. The largest absolute Gasteiger partial charge is 0.497 e. The topological polar surface area (TPSA) is 64.1 Å². The molecule has 5 nitrogen and oxygen atoms in total. The highest BCUT2D eigenvalue weighted by atomic mass is 32.2. The summed E-state index contributed by atoms with van der Waals surface area (Å²) in [5.74, 6) is 0.486. The number of ether oxygens (including phenoxy) is 1. The standard InChI is InChI=1S/C17H15N3O2S2/c1-11-3-9-14(10-4-11)23-17-19-16(24-20-17)18-15(21)12-5-7-13(22-2)8-6-12/h3-10H,1-2H3,(H,18,19,20,21). The molecule has 1 heterocycles. The Morgan fingerprint density at radius 3 is 2.50 bits per heavy atom. The summed E-state index contributed by atoms with van der Waals surface area (Å²) in [5.41, 5.74) is 1.75. The summed E-state index contributed by atoms with van der Waals surface area (Å²) < 4.78 is 9.35. The molecule has 1 N–H and O–H groups in total. The van der Waals surface area contributed by atoms with E-state index in [0.29, 0.717) is 21.6 Å². The van der Waals surface area contributed by atoms with E-state index < -0.39 is 0 Å². The maximum absolute atomic E-state index is 12.2. The first-order chi connectivity index (χ1) is 11.6. The second kappa shape index (κ2) is 7.46. The molecule has 7 heteroatoms. The Morgan fingerprint density at radius 1 is 1.12 bits per heavy atom. The lowest BCUT2D eigenvalue weighted by Crippen LogP contribution is -2.11. The number of hydrogen-bond donors (Lipinski definition) is 1. The highest BCUT2D eigenvalue weighted by molar-refractivity contribution is 7.99. The van der Waals surface area contributed by atoms with Gasteiger partial charge in [0.1, 0.15) is 5.75 Å². The molecule has 0 radical (unpaired) electrons. The van der Waals surface area contributed by atoms with Gasteiger partial charge >= 0.3 is 0 Å². The number of carbonyl (C=O) groups is 1. The number of nitrogens with zero attached hydrogens (tertiary/aromatic N) is 2. The molecule has 3 rings (SSSR count). The van der Waals surface area contributed by atoms with E-state index in [4.69, 9.17) is 4.74 Å². The smallest absolute Gasteiger partial charge is 0.257 e. The molecule has 1 amide bonds. The van der Waals surface area contributed by atoms with Crippen molar-refractivity contribution in [3.05, 3.63) is 59.7 Å². The lowest BCUT2D eigenvalue weighted by Gasteiger charge is -2.03. The molecule has 0 atom stereocenters. The normalized spacial score (nSPS) is 10.4. The molecule has 122 valence electrons. The molecule has 0 unspecified atom stereocenters. The van der Waals surface area contributed by atoms with E-state index in [9.17, 15) is 4.79 Å². The Hall–Kier alpha value is -2.38. The van der Waals surface area contributed by atoms with Crippen LogP contribution in [0.4, 0.5) is 5.13 Å². The molecule has 2 aromatic carbocycles. The van der Waals surface area contributed by atoms with Gasteiger partial charge in [0, 0.05) is 22.0 Å². The fraction of sp³-hybridized carbons (Fsp3) is 0.118. The lowest BCUT2D eigenvalue weighted by atomic mass is 10.2. The van der Waals surface area contributed by atoms with Crippen LogP contribution in [0.15, 0.2) is 58.6 Å². The van der Waals surface area contributed by atoms with Gasteiger partial charge in [0.05, 0.1) is 7.11 Å². The first-order valence-corrected chi connectivity index (χ1v) is 8.76. The zero-order valence-electron chi connectivity index (χ0n) is 13.1. The molecule has 0 saturated carbocycles. The molecule has 0 bridgehead atoms. The number of carbonyl (C=O) groups excluding carboxylic acids is 1. The summed E-state index contributed by atoms with van der Waals surface area (Å²) >= 11 is 2.63. The van der Waals surface area contributed by atoms with Gasteiger partial charge in [0.15, 0.2) is 0 Å². The van der Waals surface area contributed by atoms with Crippen molar-refractivity contribution >= 4 is 34.3 Å². The number of rotatable bonds is 5. The van der Waals surface area contributed by atoms with Gasteiger partial charge in [-0.15, -0.1) is 0 Å². The average Bonchev–Trinajstić information content (AvgIpc) is 3.04. The van der Waals surface area contributed by atoms with Gasteiger partial charge in [-0.2, -0.15) is 9.36 Å². The monoisotopic (exact) mass is 357 g/mol. The second-order valence-corrected chi connectivity index (χ2v) is 6.77. The van der Waals surface area contributed by atoms with Crippen molar-refractivity contribution in [3.63, 3.8) is 0 Å². The van der Waals surface area contributed by atoms with Crippen LogP contribution in [0.25, 0.3) is 0 Å². The fourth-order valence-corrected chi connectivity index (χ4v) is 3.34. The van der Waals surface area contributed by atoms with Crippen molar-refractivity contribution in [2.45, 2.75) is 17.0 Å². The lowest BCUT2D eigenvalue weighted by molar-refractivity contribution is 0.102. The van der Waals surface area contributed by atoms with Crippen LogP contribution in [-0.4, -0.2) is 22.4 Å². The van der Waals surface area contributed by atoms with Crippen LogP contribution < -0.4 is 10.1 Å². The maximum atomic E-state index is 12.2. The molecular formula is C17H15N3O2S2. The molecule has 3 aromatic rings.